The lowest BCUT2D eigenvalue weighted by Gasteiger charge is -2.27. The van der Waals surface area contributed by atoms with Crippen LogP contribution in [0, 0.1) is 0 Å². The third-order valence-electron chi connectivity index (χ3n) is 3.25. The van der Waals surface area contributed by atoms with Gasteiger partial charge in [-0.3, -0.25) is 5.01 Å². The predicted octanol–water partition coefficient (Wildman–Crippen LogP) is 4.50. The molecule has 0 unspecified atom stereocenters. The molecule has 0 spiro atoms. The highest BCUT2D eigenvalue weighted by Gasteiger charge is 2.18. The Labute approximate surface area is 125 Å². The molecular formula is C17H19ClN2. The van der Waals surface area contributed by atoms with Gasteiger partial charge in [-0.2, -0.15) is 5.10 Å². The molecule has 2 nitrogen and oxygen atoms in total. The summed E-state index contributed by atoms with van der Waals surface area (Å²) in [5.74, 6) is 0. The lowest BCUT2D eigenvalue weighted by atomic mass is 10.0. The third kappa shape index (κ3) is 3.40. The summed E-state index contributed by atoms with van der Waals surface area (Å²) < 4.78 is 0. The first-order valence-corrected chi connectivity index (χ1v) is 7.07. The Morgan fingerprint density at radius 3 is 2.65 bits per heavy atom. The van der Waals surface area contributed by atoms with Crippen LogP contribution in [0.1, 0.15) is 18.9 Å². The van der Waals surface area contributed by atoms with Gasteiger partial charge in [0.2, 0.25) is 0 Å². The first-order chi connectivity index (χ1) is 9.59. The number of allylic oxidation sites excluding steroid dienone is 2. The van der Waals surface area contributed by atoms with Crippen LogP contribution in [-0.4, -0.2) is 17.8 Å². The summed E-state index contributed by atoms with van der Waals surface area (Å²) in [7, 11) is 0. The van der Waals surface area contributed by atoms with Crippen molar-refractivity contribution in [3.63, 3.8) is 0 Å². The average molecular weight is 287 g/mol. The quantitative estimate of drug-likeness (QED) is 0.778. The fourth-order valence-electron chi connectivity index (χ4n) is 2.24. The smallest absolute Gasteiger partial charge is 0.0702 e. The number of aryl methyl sites for hydroxylation is 1. The second-order valence-corrected chi connectivity index (χ2v) is 5.31. The summed E-state index contributed by atoms with van der Waals surface area (Å²) in [6.07, 6.45) is 3.71. The summed E-state index contributed by atoms with van der Waals surface area (Å²) in [5.41, 5.74) is 3.99. The molecule has 0 amide bonds. The summed E-state index contributed by atoms with van der Waals surface area (Å²) in [6, 6.07) is 10.4. The van der Waals surface area contributed by atoms with Crippen LogP contribution in [0.15, 0.2) is 70.5 Å². The van der Waals surface area contributed by atoms with Crippen molar-refractivity contribution >= 4 is 17.8 Å². The topological polar surface area (TPSA) is 15.6 Å². The SMILES string of the molecule is C=C(C)C1=C(Cl)C=NN(CCCc2ccccc2)C1=C. The average Bonchev–Trinajstić information content (AvgIpc) is 2.42. The molecule has 1 aliphatic heterocycles. The van der Waals surface area contributed by atoms with Crippen LogP contribution in [0.25, 0.3) is 0 Å². The van der Waals surface area contributed by atoms with E-state index in [4.69, 9.17) is 11.6 Å². The summed E-state index contributed by atoms with van der Waals surface area (Å²) in [5, 5.41) is 6.85. The van der Waals surface area contributed by atoms with Crippen molar-refractivity contribution in [3.05, 3.63) is 70.9 Å². The monoisotopic (exact) mass is 286 g/mol. The molecule has 0 N–H and O–H groups in total. The van der Waals surface area contributed by atoms with Crippen molar-refractivity contribution in [2.45, 2.75) is 19.8 Å². The number of hydrazone groups is 1. The molecule has 0 saturated heterocycles. The van der Waals surface area contributed by atoms with E-state index in [0.717, 1.165) is 36.2 Å². The highest BCUT2D eigenvalue weighted by atomic mass is 35.5. The van der Waals surface area contributed by atoms with Crippen molar-refractivity contribution in [3.8, 4) is 0 Å². The van der Waals surface area contributed by atoms with Crippen molar-refractivity contribution in [2.75, 3.05) is 6.54 Å². The Bertz CT molecular complexity index is 570. The van der Waals surface area contributed by atoms with Crippen LogP contribution in [0.4, 0.5) is 0 Å². The first-order valence-electron chi connectivity index (χ1n) is 6.70. The number of hydrogen-bond acceptors (Lipinski definition) is 2. The van der Waals surface area contributed by atoms with E-state index in [2.05, 4.69) is 42.5 Å². The van der Waals surface area contributed by atoms with E-state index in [1.165, 1.54) is 5.56 Å². The van der Waals surface area contributed by atoms with Gasteiger partial charge in [0.25, 0.3) is 0 Å². The second-order valence-electron chi connectivity index (χ2n) is 4.91. The summed E-state index contributed by atoms with van der Waals surface area (Å²) >= 11 is 6.15. The maximum absolute atomic E-state index is 6.15. The van der Waals surface area contributed by atoms with Gasteiger partial charge in [0, 0.05) is 12.1 Å². The molecule has 1 aromatic carbocycles. The Kier molecular flexibility index (Phi) is 4.80. The van der Waals surface area contributed by atoms with Gasteiger partial charge in [0.05, 0.1) is 16.9 Å². The fourth-order valence-corrected chi connectivity index (χ4v) is 2.56. The number of halogens is 1. The van der Waals surface area contributed by atoms with Gasteiger partial charge in [-0.25, -0.2) is 0 Å². The third-order valence-corrected chi connectivity index (χ3v) is 3.54. The predicted molar refractivity (Wildman–Crippen MR) is 86.8 cm³/mol. The van der Waals surface area contributed by atoms with Crippen LogP contribution >= 0.6 is 11.6 Å². The van der Waals surface area contributed by atoms with Gasteiger partial charge in [0.1, 0.15) is 0 Å². The molecule has 3 heteroatoms. The minimum absolute atomic E-state index is 0.613. The van der Waals surface area contributed by atoms with Gasteiger partial charge >= 0.3 is 0 Å². The molecule has 0 radical (unpaired) electrons. The molecule has 0 atom stereocenters. The highest BCUT2D eigenvalue weighted by molar-refractivity contribution is 6.40. The van der Waals surface area contributed by atoms with Crippen LogP contribution in [0.5, 0.6) is 0 Å². The largest absolute Gasteiger partial charge is 0.265 e. The van der Waals surface area contributed by atoms with Gasteiger partial charge in [-0.1, -0.05) is 55.1 Å². The number of rotatable bonds is 5. The van der Waals surface area contributed by atoms with Crippen molar-refractivity contribution in [2.24, 2.45) is 5.10 Å². The molecule has 1 aliphatic rings. The van der Waals surface area contributed by atoms with Crippen molar-refractivity contribution in [1.29, 1.82) is 0 Å². The van der Waals surface area contributed by atoms with Crippen LogP contribution in [0.3, 0.4) is 0 Å². The van der Waals surface area contributed by atoms with E-state index >= 15 is 0 Å². The van der Waals surface area contributed by atoms with E-state index in [0.29, 0.717) is 5.03 Å². The number of benzene rings is 1. The van der Waals surface area contributed by atoms with Gasteiger partial charge in [-0.15, -0.1) is 0 Å². The molecule has 20 heavy (non-hydrogen) atoms. The Hall–Kier alpha value is -1.80. The highest BCUT2D eigenvalue weighted by Crippen LogP contribution is 2.28. The molecular weight excluding hydrogens is 268 g/mol. The fraction of sp³-hybridized carbons (Fsp3) is 0.235. The molecule has 1 aromatic rings. The van der Waals surface area contributed by atoms with Crippen LogP contribution in [0.2, 0.25) is 0 Å². The molecule has 0 aromatic heterocycles. The molecule has 0 aliphatic carbocycles. The molecule has 1 heterocycles. The Morgan fingerprint density at radius 2 is 2.00 bits per heavy atom. The van der Waals surface area contributed by atoms with Gasteiger partial charge in [-0.05, 0) is 30.9 Å². The molecule has 0 bridgehead atoms. The number of nitrogens with zero attached hydrogens (tertiary/aromatic N) is 2. The van der Waals surface area contributed by atoms with Crippen molar-refractivity contribution in [1.82, 2.24) is 5.01 Å². The van der Waals surface area contributed by atoms with Crippen LogP contribution in [-0.2, 0) is 6.42 Å². The zero-order valence-electron chi connectivity index (χ0n) is 11.8. The first kappa shape index (κ1) is 14.6. The van der Waals surface area contributed by atoms with Crippen molar-refractivity contribution < 1.29 is 0 Å². The van der Waals surface area contributed by atoms with Gasteiger partial charge in [0.15, 0.2) is 0 Å². The van der Waals surface area contributed by atoms with E-state index in [1.54, 1.807) is 6.21 Å². The summed E-state index contributed by atoms with van der Waals surface area (Å²) in [6.45, 7) is 10.8. The van der Waals surface area contributed by atoms with E-state index in [-0.39, 0.29) is 0 Å². The maximum Gasteiger partial charge on any atom is 0.0702 e. The second kappa shape index (κ2) is 6.58. The standard InChI is InChI=1S/C17H19ClN2/c1-13(2)17-14(3)20(19-12-16(17)18)11-7-10-15-8-5-4-6-9-15/h4-6,8-9,12H,1,3,7,10-11H2,2H3. The zero-order valence-corrected chi connectivity index (χ0v) is 12.5. The Balaban J connectivity index is 1.94. The van der Waals surface area contributed by atoms with Gasteiger partial charge < -0.3 is 0 Å². The normalized spacial score (nSPS) is 14.9. The molecule has 0 saturated carbocycles. The molecule has 104 valence electrons. The lowest BCUT2D eigenvalue weighted by molar-refractivity contribution is 0.365. The number of hydrogen-bond donors (Lipinski definition) is 0. The molecule has 2 rings (SSSR count). The molecule has 0 fully saturated rings. The van der Waals surface area contributed by atoms with E-state index < -0.39 is 0 Å². The van der Waals surface area contributed by atoms with E-state index in [1.807, 2.05) is 18.0 Å². The summed E-state index contributed by atoms with van der Waals surface area (Å²) in [4.78, 5) is 0. The Morgan fingerprint density at radius 1 is 1.30 bits per heavy atom. The van der Waals surface area contributed by atoms with Crippen LogP contribution < -0.4 is 0 Å². The maximum atomic E-state index is 6.15. The zero-order chi connectivity index (χ0) is 14.5. The lowest BCUT2D eigenvalue weighted by Crippen LogP contribution is -2.23. The minimum atomic E-state index is 0.613. The minimum Gasteiger partial charge on any atom is -0.265 e. The van der Waals surface area contributed by atoms with E-state index in [9.17, 15) is 0 Å².